The predicted octanol–water partition coefficient (Wildman–Crippen LogP) is 3.55. The van der Waals surface area contributed by atoms with Gasteiger partial charge in [0.2, 0.25) is 0 Å². The Kier molecular flexibility index (Phi) is 2.18. The van der Waals surface area contributed by atoms with Crippen LogP contribution in [0.3, 0.4) is 0 Å². The molecule has 0 spiro atoms. The van der Waals surface area contributed by atoms with Crippen molar-refractivity contribution >= 4 is 15.9 Å². The SMILES string of the molecule is N#C[C@@]12N[C@@H](c3ccccc31)[C@@H](Br)c1ccccc12. The van der Waals surface area contributed by atoms with Gasteiger partial charge in [0.25, 0.3) is 0 Å². The Morgan fingerprint density at radius 3 is 2.26 bits per heavy atom. The number of halogens is 1. The smallest absolute Gasteiger partial charge is 0.159 e. The van der Waals surface area contributed by atoms with E-state index in [1.54, 1.807) is 0 Å². The van der Waals surface area contributed by atoms with Crippen LogP contribution in [0, 0.1) is 11.3 Å². The molecule has 2 heterocycles. The molecule has 3 atom stereocenters. The van der Waals surface area contributed by atoms with E-state index in [4.69, 9.17) is 0 Å². The van der Waals surface area contributed by atoms with Gasteiger partial charge in [-0.15, -0.1) is 0 Å². The second-order valence-corrected chi connectivity index (χ2v) is 6.05. The molecule has 0 saturated heterocycles. The van der Waals surface area contributed by atoms with Crippen LogP contribution >= 0.6 is 15.9 Å². The third-order valence-corrected chi connectivity index (χ3v) is 5.22. The Labute approximate surface area is 120 Å². The molecular formula is C16H11BrN2. The van der Waals surface area contributed by atoms with Crippen LogP contribution < -0.4 is 5.32 Å². The van der Waals surface area contributed by atoms with Crippen LogP contribution in [0.5, 0.6) is 0 Å². The van der Waals surface area contributed by atoms with Crippen molar-refractivity contribution in [1.29, 1.82) is 5.26 Å². The number of benzene rings is 2. The van der Waals surface area contributed by atoms with Crippen LogP contribution in [0.25, 0.3) is 0 Å². The summed E-state index contributed by atoms with van der Waals surface area (Å²) >= 11 is 3.79. The minimum atomic E-state index is -0.692. The van der Waals surface area contributed by atoms with E-state index in [2.05, 4.69) is 51.6 Å². The second kappa shape index (κ2) is 3.69. The molecule has 92 valence electrons. The molecule has 2 nitrogen and oxygen atoms in total. The standard InChI is InChI=1S/C16H11BrN2/c17-14-10-5-1-3-7-12(10)16(9-18)13-8-4-2-6-11(13)15(14)19-16/h1-8,14-15,19H/t14-,15-,16-/m0/s1. The van der Waals surface area contributed by atoms with Crippen molar-refractivity contribution in [3.8, 4) is 6.07 Å². The molecule has 0 radical (unpaired) electrons. The Morgan fingerprint density at radius 1 is 1.00 bits per heavy atom. The van der Waals surface area contributed by atoms with Gasteiger partial charge >= 0.3 is 0 Å². The van der Waals surface area contributed by atoms with Crippen LogP contribution in [0.2, 0.25) is 0 Å². The summed E-state index contributed by atoms with van der Waals surface area (Å²) in [5.41, 5.74) is 3.91. The van der Waals surface area contributed by atoms with Crippen molar-refractivity contribution in [2.75, 3.05) is 0 Å². The largest absolute Gasteiger partial charge is 0.283 e. The first-order valence-electron chi connectivity index (χ1n) is 6.30. The molecule has 0 unspecified atom stereocenters. The van der Waals surface area contributed by atoms with Gasteiger partial charge in [-0.1, -0.05) is 64.5 Å². The Morgan fingerprint density at radius 2 is 1.58 bits per heavy atom. The topological polar surface area (TPSA) is 35.8 Å². The zero-order valence-electron chi connectivity index (χ0n) is 10.1. The summed E-state index contributed by atoms with van der Waals surface area (Å²) in [5, 5.41) is 13.3. The molecule has 0 fully saturated rings. The number of rotatable bonds is 0. The van der Waals surface area contributed by atoms with E-state index >= 15 is 0 Å². The van der Waals surface area contributed by atoms with Crippen molar-refractivity contribution in [3.05, 3.63) is 70.8 Å². The molecule has 0 amide bonds. The van der Waals surface area contributed by atoms with E-state index in [-0.39, 0.29) is 10.9 Å². The highest BCUT2D eigenvalue weighted by Crippen LogP contribution is 2.55. The van der Waals surface area contributed by atoms with E-state index in [9.17, 15) is 5.26 Å². The van der Waals surface area contributed by atoms with Crippen LogP contribution in [0.15, 0.2) is 48.5 Å². The Bertz CT molecular complexity index is 719. The van der Waals surface area contributed by atoms with Gasteiger partial charge in [-0.2, -0.15) is 5.26 Å². The molecule has 2 aromatic carbocycles. The van der Waals surface area contributed by atoms with Crippen LogP contribution in [0.4, 0.5) is 0 Å². The number of hydrogen-bond acceptors (Lipinski definition) is 2. The van der Waals surface area contributed by atoms with E-state index in [0.29, 0.717) is 0 Å². The minimum absolute atomic E-state index is 0.158. The van der Waals surface area contributed by atoms with Crippen LogP contribution in [0.1, 0.15) is 33.1 Å². The number of alkyl halides is 1. The van der Waals surface area contributed by atoms with Gasteiger partial charge in [-0.3, -0.25) is 5.32 Å². The molecule has 0 saturated carbocycles. The number of hydrogen-bond donors (Lipinski definition) is 1. The first-order valence-corrected chi connectivity index (χ1v) is 7.21. The quantitative estimate of drug-likeness (QED) is 0.755. The van der Waals surface area contributed by atoms with E-state index in [1.807, 2.05) is 24.3 Å². The number of nitrogens with one attached hydrogen (secondary N) is 1. The van der Waals surface area contributed by atoms with Gasteiger partial charge in [0.15, 0.2) is 5.54 Å². The van der Waals surface area contributed by atoms with Gasteiger partial charge in [-0.25, -0.2) is 0 Å². The highest BCUT2D eigenvalue weighted by molar-refractivity contribution is 9.09. The lowest BCUT2D eigenvalue weighted by molar-refractivity contribution is 0.431. The molecule has 0 aliphatic carbocycles. The minimum Gasteiger partial charge on any atom is -0.283 e. The highest BCUT2D eigenvalue weighted by atomic mass is 79.9. The fraction of sp³-hybridized carbons (Fsp3) is 0.188. The van der Waals surface area contributed by atoms with E-state index in [0.717, 1.165) is 11.1 Å². The van der Waals surface area contributed by atoms with Gasteiger partial charge in [0.05, 0.1) is 16.9 Å². The third-order valence-electron chi connectivity index (χ3n) is 4.19. The number of nitriles is 1. The molecule has 19 heavy (non-hydrogen) atoms. The molecule has 2 bridgehead atoms. The van der Waals surface area contributed by atoms with Crippen LogP contribution in [-0.4, -0.2) is 0 Å². The normalized spacial score (nSPS) is 30.3. The summed E-state index contributed by atoms with van der Waals surface area (Å²) in [6.45, 7) is 0. The maximum Gasteiger partial charge on any atom is 0.159 e. The fourth-order valence-electron chi connectivity index (χ4n) is 3.36. The molecule has 2 aliphatic rings. The van der Waals surface area contributed by atoms with E-state index in [1.165, 1.54) is 11.1 Å². The number of fused-ring (bicyclic) bond motifs is 7. The van der Waals surface area contributed by atoms with Gasteiger partial charge < -0.3 is 0 Å². The molecule has 3 heteroatoms. The summed E-state index contributed by atoms with van der Waals surface area (Å²) in [4.78, 5) is 0.203. The van der Waals surface area contributed by atoms with Gasteiger partial charge in [0.1, 0.15) is 0 Å². The summed E-state index contributed by atoms with van der Waals surface area (Å²) in [5.74, 6) is 0. The van der Waals surface area contributed by atoms with Crippen molar-refractivity contribution < 1.29 is 0 Å². The Balaban J connectivity index is 2.12. The maximum atomic E-state index is 9.82. The van der Waals surface area contributed by atoms with E-state index < -0.39 is 5.54 Å². The summed E-state index contributed by atoms with van der Waals surface area (Å²) in [6, 6.07) is 19.1. The molecular weight excluding hydrogens is 300 g/mol. The summed E-state index contributed by atoms with van der Waals surface area (Å²) < 4.78 is 0. The average Bonchev–Trinajstić information content (AvgIpc) is 2.79. The second-order valence-electron chi connectivity index (χ2n) is 5.06. The summed E-state index contributed by atoms with van der Waals surface area (Å²) in [7, 11) is 0. The first kappa shape index (κ1) is 11.2. The maximum absolute atomic E-state index is 9.82. The lowest BCUT2D eigenvalue weighted by Crippen LogP contribution is -2.43. The molecule has 4 rings (SSSR count). The average molecular weight is 311 g/mol. The molecule has 2 aliphatic heterocycles. The van der Waals surface area contributed by atoms with Crippen molar-refractivity contribution in [2.24, 2.45) is 0 Å². The molecule has 2 aromatic rings. The predicted molar refractivity (Wildman–Crippen MR) is 76.8 cm³/mol. The monoisotopic (exact) mass is 310 g/mol. The molecule has 0 aromatic heterocycles. The lowest BCUT2D eigenvalue weighted by atomic mass is 9.82. The molecule has 1 N–H and O–H groups in total. The number of nitrogens with zero attached hydrogens (tertiary/aromatic N) is 1. The van der Waals surface area contributed by atoms with Gasteiger partial charge in [-0.05, 0) is 22.3 Å². The van der Waals surface area contributed by atoms with Gasteiger partial charge in [0, 0.05) is 0 Å². The zero-order chi connectivity index (χ0) is 13.0. The first-order chi connectivity index (χ1) is 9.28. The van der Waals surface area contributed by atoms with Crippen LogP contribution in [-0.2, 0) is 5.54 Å². The zero-order valence-corrected chi connectivity index (χ0v) is 11.7. The van der Waals surface area contributed by atoms with Crippen molar-refractivity contribution in [3.63, 3.8) is 0 Å². The third kappa shape index (κ3) is 1.23. The van der Waals surface area contributed by atoms with Crippen molar-refractivity contribution in [2.45, 2.75) is 16.4 Å². The summed E-state index contributed by atoms with van der Waals surface area (Å²) in [6.07, 6.45) is 0. The lowest BCUT2D eigenvalue weighted by Gasteiger charge is -2.34. The highest BCUT2D eigenvalue weighted by Gasteiger charge is 2.52. The fourth-order valence-corrected chi connectivity index (χ4v) is 4.18. The Hall–Kier alpha value is -1.63. The van der Waals surface area contributed by atoms with Crippen molar-refractivity contribution in [1.82, 2.24) is 5.32 Å².